The smallest absolute Gasteiger partial charge is 0.310 e. The molecule has 24 heavy (non-hydrogen) atoms. The minimum Gasteiger partial charge on any atom is -0.465 e. The molecule has 1 fully saturated rings. The first-order valence-corrected chi connectivity index (χ1v) is 9.27. The first-order chi connectivity index (χ1) is 11.5. The Morgan fingerprint density at radius 2 is 2.00 bits per heavy atom. The van der Waals surface area contributed by atoms with E-state index in [0.29, 0.717) is 24.1 Å². The number of cyclic esters (lactones) is 1. The highest BCUT2D eigenvalue weighted by molar-refractivity contribution is 7.91. The first-order valence-electron chi connectivity index (χ1n) is 7.62. The van der Waals surface area contributed by atoms with Crippen LogP contribution in [0.15, 0.2) is 53.0 Å². The van der Waals surface area contributed by atoms with Gasteiger partial charge in [0.2, 0.25) is 0 Å². The van der Waals surface area contributed by atoms with Crippen LogP contribution in [0.1, 0.15) is 12.8 Å². The van der Waals surface area contributed by atoms with Crippen LogP contribution in [0.2, 0.25) is 0 Å². The molecule has 1 heterocycles. The number of esters is 1. The number of carbonyl (C=O) groups is 2. The van der Waals surface area contributed by atoms with Crippen LogP contribution in [0.25, 0.3) is 0 Å². The SMILES string of the molecule is O=C(Nc1ccc(S(=O)(=O)CC2CCOC2=O)cc1)C1=CC=CC1. The van der Waals surface area contributed by atoms with E-state index in [4.69, 9.17) is 4.74 Å². The zero-order chi connectivity index (χ0) is 17.2. The molecule has 1 aromatic carbocycles. The fourth-order valence-corrected chi connectivity index (χ4v) is 4.20. The van der Waals surface area contributed by atoms with E-state index in [1.807, 2.05) is 12.2 Å². The Kier molecular flexibility index (Phi) is 4.53. The van der Waals surface area contributed by atoms with Gasteiger partial charge in [-0.2, -0.15) is 0 Å². The van der Waals surface area contributed by atoms with Gasteiger partial charge in [0, 0.05) is 11.3 Å². The summed E-state index contributed by atoms with van der Waals surface area (Å²) in [5.74, 6) is -1.52. The number of ether oxygens (including phenoxy) is 1. The maximum Gasteiger partial charge on any atom is 0.310 e. The van der Waals surface area contributed by atoms with Crippen molar-refractivity contribution in [1.29, 1.82) is 0 Å². The van der Waals surface area contributed by atoms with Crippen molar-refractivity contribution in [3.63, 3.8) is 0 Å². The normalized spacial score (nSPS) is 19.9. The summed E-state index contributed by atoms with van der Waals surface area (Å²) in [6, 6.07) is 5.96. The molecule has 3 rings (SSSR count). The lowest BCUT2D eigenvalue weighted by Crippen LogP contribution is -2.20. The fourth-order valence-electron chi connectivity index (χ4n) is 2.62. The summed E-state index contributed by atoms with van der Waals surface area (Å²) in [7, 11) is -3.57. The first kappa shape index (κ1) is 16.4. The number of hydrogen-bond donors (Lipinski definition) is 1. The molecule has 6 nitrogen and oxygen atoms in total. The monoisotopic (exact) mass is 347 g/mol. The van der Waals surface area contributed by atoms with Gasteiger partial charge >= 0.3 is 5.97 Å². The van der Waals surface area contributed by atoms with Gasteiger partial charge in [0.05, 0.1) is 23.2 Å². The van der Waals surface area contributed by atoms with Crippen LogP contribution in [0, 0.1) is 5.92 Å². The van der Waals surface area contributed by atoms with E-state index in [-0.39, 0.29) is 23.2 Å². The van der Waals surface area contributed by atoms with E-state index < -0.39 is 21.7 Å². The molecular formula is C17H17NO5S. The minimum atomic E-state index is -3.57. The summed E-state index contributed by atoms with van der Waals surface area (Å²) >= 11 is 0. The summed E-state index contributed by atoms with van der Waals surface area (Å²) in [5, 5.41) is 2.73. The van der Waals surface area contributed by atoms with E-state index in [1.54, 1.807) is 18.2 Å². The van der Waals surface area contributed by atoms with Crippen LogP contribution < -0.4 is 5.32 Å². The molecule has 1 aromatic rings. The van der Waals surface area contributed by atoms with Crippen molar-refractivity contribution < 1.29 is 22.7 Å². The number of amides is 1. The number of nitrogens with one attached hydrogen (secondary N) is 1. The van der Waals surface area contributed by atoms with Gasteiger partial charge in [-0.05, 0) is 37.1 Å². The van der Waals surface area contributed by atoms with Gasteiger partial charge in [-0.3, -0.25) is 9.59 Å². The molecule has 1 N–H and O–H groups in total. The Morgan fingerprint density at radius 3 is 2.58 bits per heavy atom. The maximum absolute atomic E-state index is 12.4. The van der Waals surface area contributed by atoms with E-state index in [9.17, 15) is 18.0 Å². The maximum atomic E-state index is 12.4. The Labute approximate surface area is 140 Å². The molecule has 1 aliphatic carbocycles. The van der Waals surface area contributed by atoms with E-state index in [0.717, 1.165) is 0 Å². The van der Waals surface area contributed by atoms with Crippen molar-refractivity contribution >= 4 is 27.4 Å². The third kappa shape index (κ3) is 3.56. The van der Waals surface area contributed by atoms with Gasteiger partial charge in [0.1, 0.15) is 0 Å². The summed E-state index contributed by atoms with van der Waals surface area (Å²) in [6.07, 6.45) is 6.47. The molecule has 1 unspecified atom stereocenters. The zero-order valence-electron chi connectivity index (χ0n) is 12.9. The summed E-state index contributed by atoms with van der Waals surface area (Å²) in [5.41, 5.74) is 1.18. The summed E-state index contributed by atoms with van der Waals surface area (Å²) in [6.45, 7) is 0.273. The third-order valence-electron chi connectivity index (χ3n) is 4.00. The van der Waals surface area contributed by atoms with Crippen molar-refractivity contribution in [3.8, 4) is 0 Å². The number of anilines is 1. The molecule has 1 aliphatic heterocycles. The van der Waals surface area contributed by atoms with Gasteiger partial charge in [-0.15, -0.1) is 0 Å². The molecule has 0 saturated carbocycles. The van der Waals surface area contributed by atoms with Crippen molar-refractivity contribution in [2.24, 2.45) is 5.92 Å². The standard InChI is InChI=1S/C17H17NO5S/c19-16(12-3-1-2-4-12)18-14-5-7-15(8-6-14)24(21,22)11-13-9-10-23-17(13)20/h1-3,5-8,13H,4,9-11H2,(H,18,19). The fraction of sp³-hybridized carbons (Fsp3) is 0.294. The van der Waals surface area contributed by atoms with E-state index in [1.165, 1.54) is 12.1 Å². The van der Waals surface area contributed by atoms with Crippen LogP contribution in [0.3, 0.4) is 0 Å². The largest absolute Gasteiger partial charge is 0.465 e. The third-order valence-corrected chi connectivity index (χ3v) is 5.83. The number of allylic oxidation sites excluding steroid dienone is 3. The molecule has 7 heteroatoms. The molecule has 0 spiro atoms. The summed E-state index contributed by atoms with van der Waals surface area (Å²) in [4.78, 5) is 23.5. The van der Waals surface area contributed by atoms with Crippen molar-refractivity contribution in [2.75, 3.05) is 17.7 Å². The second kappa shape index (κ2) is 6.60. The Bertz CT molecular complexity index is 821. The lowest BCUT2D eigenvalue weighted by Gasteiger charge is -2.09. The van der Waals surface area contributed by atoms with Crippen molar-refractivity contribution in [2.45, 2.75) is 17.7 Å². The minimum absolute atomic E-state index is 0.127. The number of rotatable bonds is 5. The molecule has 0 bridgehead atoms. The Morgan fingerprint density at radius 1 is 1.25 bits per heavy atom. The van der Waals surface area contributed by atoms with Gasteiger partial charge in [-0.1, -0.05) is 18.2 Å². The molecule has 0 radical (unpaired) electrons. The molecule has 2 aliphatic rings. The Hall–Kier alpha value is -2.41. The van der Waals surface area contributed by atoms with Crippen LogP contribution in [-0.4, -0.2) is 32.7 Å². The zero-order valence-corrected chi connectivity index (χ0v) is 13.7. The Balaban J connectivity index is 1.67. The van der Waals surface area contributed by atoms with Crippen molar-refractivity contribution in [3.05, 3.63) is 48.1 Å². The van der Waals surface area contributed by atoms with E-state index >= 15 is 0 Å². The number of sulfone groups is 1. The topological polar surface area (TPSA) is 89.5 Å². The highest BCUT2D eigenvalue weighted by atomic mass is 32.2. The number of hydrogen-bond acceptors (Lipinski definition) is 5. The second-order valence-electron chi connectivity index (χ2n) is 5.74. The highest BCUT2D eigenvalue weighted by Crippen LogP contribution is 2.22. The highest BCUT2D eigenvalue weighted by Gasteiger charge is 2.32. The number of benzene rings is 1. The molecular weight excluding hydrogens is 330 g/mol. The summed E-state index contributed by atoms with van der Waals surface area (Å²) < 4.78 is 29.5. The average Bonchev–Trinajstić information content (AvgIpc) is 3.20. The molecule has 1 atom stereocenters. The second-order valence-corrected chi connectivity index (χ2v) is 7.77. The predicted molar refractivity (Wildman–Crippen MR) is 88.0 cm³/mol. The van der Waals surface area contributed by atoms with Crippen molar-refractivity contribution in [1.82, 2.24) is 0 Å². The van der Waals surface area contributed by atoms with Gasteiger partial charge < -0.3 is 10.1 Å². The molecule has 126 valence electrons. The van der Waals surface area contributed by atoms with E-state index in [2.05, 4.69) is 5.32 Å². The molecule has 1 amide bonds. The van der Waals surface area contributed by atoms with Crippen LogP contribution >= 0.6 is 0 Å². The van der Waals surface area contributed by atoms with Crippen LogP contribution in [-0.2, 0) is 24.2 Å². The lowest BCUT2D eigenvalue weighted by atomic mass is 10.1. The quantitative estimate of drug-likeness (QED) is 0.821. The van der Waals surface area contributed by atoms with Crippen LogP contribution in [0.5, 0.6) is 0 Å². The molecule has 1 saturated heterocycles. The van der Waals surface area contributed by atoms with Gasteiger partial charge in [0.15, 0.2) is 9.84 Å². The lowest BCUT2D eigenvalue weighted by molar-refractivity contribution is -0.140. The van der Waals surface area contributed by atoms with Crippen LogP contribution in [0.4, 0.5) is 5.69 Å². The predicted octanol–water partition coefficient (Wildman–Crippen LogP) is 1.85. The number of carbonyl (C=O) groups excluding carboxylic acids is 2. The van der Waals surface area contributed by atoms with Gasteiger partial charge in [-0.25, -0.2) is 8.42 Å². The molecule has 0 aromatic heterocycles. The average molecular weight is 347 g/mol. The van der Waals surface area contributed by atoms with Gasteiger partial charge in [0.25, 0.3) is 5.91 Å².